The van der Waals surface area contributed by atoms with E-state index in [0.29, 0.717) is 18.1 Å². The third kappa shape index (κ3) is 4.03. The van der Waals surface area contributed by atoms with Gasteiger partial charge in [-0.25, -0.2) is 4.98 Å². The maximum absolute atomic E-state index is 11.4. The summed E-state index contributed by atoms with van der Waals surface area (Å²) in [5.74, 6) is 0.197. The van der Waals surface area contributed by atoms with E-state index in [1.165, 1.54) is 18.0 Å². The molecular formula is C10H12BrN3O3. The maximum atomic E-state index is 11.4. The Morgan fingerprint density at radius 1 is 1.71 bits per heavy atom. The predicted molar refractivity (Wildman–Crippen MR) is 67.7 cm³/mol. The summed E-state index contributed by atoms with van der Waals surface area (Å²) in [6.45, 7) is 3.59. The quantitative estimate of drug-likeness (QED) is 0.825. The van der Waals surface area contributed by atoms with Gasteiger partial charge in [0, 0.05) is 18.0 Å². The van der Waals surface area contributed by atoms with Crippen LogP contribution in [0.3, 0.4) is 0 Å². The molecule has 0 aliphatic rings. The molecule has 0 bridgehead atoms. The van der Waals surface area contributed by atoms with Gasteiger partial charge >= 0.3 is 0 Å². The number of carbonyl (C=O) groups excluding carboxylic acids is 1. The van der Waals surface area contributed by atoms with Gasteiger partial charge in [-0.05, 0) is 6.92 Å². The van der Waals surface area contributed by atoms with Crippen LogP contribution in [0.15, 0.2) is 15.8 Å². The molecule has 7 heteroatoms. The van der Waals surface area contributed by atoms with Crippen LogP contribution in [0.2, 0.25) is 0 Å². The van der Waals surface area contributed by atoms with Gasteiger partial charge in [0.25, 0.3) is 5.56 Å². The van der Waals surface area contributed by atoms with Gasteiger partial charge in [-0.15, -0.1) is 0 Å². The van der Waals surface area contributed by atoms with Crippen LogP contribution >= 0.6 is 15.9 Å². The zero-order valence-electron chi connectivity index (χ0n) is 9.41. The van der Waals surface area contributed by atoms with E-state index in [4.69, 9.17) is 4.74 Å². The van der Waals surface area contributed by atoms with E-state index >= 15 is 0 Å². The zero-order chi connectivity index (χ0) is 12.8. The second-order valence-electron chi connectivity index (χ2n) is 3.07. The number of amides is 1. The van der Waals surface area contributed by atoms with Crippen molar-refractivity contribution in [1.82, 2.24) is 9.97 Å². The number of hydrogen-bond acceptors (Lipinski definition) is 4. The first-order valence-electron chi connectivity index (χ1n) is 4.89. The van der Waals surface area contributed by atoms with Gasteiger partial charge in [-0.2, -0.15) is 0 Å². The first-order chi connectivity index (χ1) is 8.06. The van der Waals surface area contributed by atoms with Crippen LogP contribution in [0.5, 0.6) is 0 Å². The minimum Gasteiger partial charge on any atom is -0.491 e. The molecule has 0 radical (unpaired) electrons. The molecule has 92 valence electrons. The highest BCUT2D eigenvalue weighted by Gasteiger charge is 2.08. The largest absolute Gasteiger partial charge is 0.491 e. The standard InChI is InChI=1S/C10H12BrN3O3/c1-3-17-8(5-11)7-4-9(16)14-10(13-7)12-6(2)15/h4-5H,3H2,1-2H3,(H2,12,13,14,15,16)/b8-5+. The van der Waals surface area contributed by atoms with Crippen LogP contribution in [0.4, 0.5) is 5.95 Å². The summed E-state index contributed by atoms with van der Waals surface area (Å²) in [5.41, 5.74) is -0.0264. The highest BCUT2D eigenvalue weighted by molar-refractivity contribution is 9.11. The molecule has 0 fully saturated rings. The lowest BCUT2D eigenvalue weighted by molar-refractivity contribution is -0.114. The first-order valence-corrected chi connectivity index (χ1v) is 5.81. The van der Waals surface area contributed by atoms with E-state index in [2.05, 4.69) is 31.2 Å². The van der Waals surface area contributed by atoms with Crippen molar-refractivity contribution in [3.8, 4) is 0 Å². The average Bonchev–Trinajstić information content (AvgIpc) is 2.23. The molecule has 1 amide bonds. The second kappa shape index (κ2) is 6.19. The molecule has 0 aliphatic carbocycles. The minimum atomic E-state index is -0.370. The van der Waals surface area contributed by atoms with E-state index in [0.717, 1.165) is 0 Å². The number of nitrogens with zero attached hydrogens (tertiary/aromatic N) is 1. The molecule has 6 nitrogen and oxygen atoms in total. The highest BCUT2D eigenvalue weighted by atomic mass is 79.9. The molecule has 0 saturated carbocycles. The number of aromatic nitrogens is 2. The van der Waals surface area contributed by atoms with Crippen LogP contribution in [-0.2, 0) is 9.53 Å². The fourth-order valence-electron chi connectivity index (χ4n) is 1.13. The lowest BCUT2D eigenvalue weighted by Gasteiger charge is -2.08. The first kappa shape index (κ1) is 13.4. The van der Waals surface area contributed by atoms with Crippen molar-refractivity contribution in [3.05, 3.63) is 27.1 Å². The van der Waals surface area contributed by atoms with Crippen LogP contribution in [0.1, 0.15) is 19.5 Å². The van der Waals surface area contributed by atoms with Crippen molar-refractivity contribution in [2.75, 3.05) is 11.9 Å². The van der Waals surface area contributed by atoms with Crippen molar-refractivity contribution >= 4 is 33.5 Å². The second-order valence-corrected chi connectivity index (χ2v) is 3.52. The number of H-pyrrole nitrogens is 1. The van der Waals surface area contributed by atoms with Crippen molar-refractivity contribution in [3.63, 3.8) is 0 Å². The van der Waals surface area contributed by atoms with Crippen molar-refractivity contribution < 1.29 is 9.53 Å². The number of anilines is 1. The third-order valence-electron chi connectivity index (χ3n) is 1.69. The topological polar surface area (TPSA) is 84.1 Å². The number of halogens is 1. The summed E-state index contributed by atoms with van der Waals surface area (Å²) in [7, 11) is 0. The molecule has 17 heavy (non-hydrogen) atoms. The maximum Gasteiger partial charge on any atom is 0.252 e. The number of ether oxygens (including phenoxy) is 1. The number of nitrogens with one attached hydrogen (secondary N) is 2. The summed E-state index contributed by atoms with van der Waals surface area (Å²) < 4.78 is 5.28. The molecule has 1 aromatic rings. The van der Waals surface area contributed by atoms with Crippen LogP contribution < -0.4 is 10.9 Å². The number of hydrogen-bond donors (Lipinski definition) is 2. The molecular weight excluding hydrogens is 290 g/mol. The van der Waals surface area contributed by atoms with E-state index in [1.54, 1.807) is 0 Å². The molecule has 0 saturated heterocycles. The Morgan fingerprint density at radius 3 is 2.94 bits per heavy atom. The predicted octanol–water partition coefficient (Wildman–Crippen LogP) is 1.46. The summed E-state index contributed by atoms with van der Waals surface area (Å²) >= 11 is 3.13. The summed E-state index contributed by atoms with van der Waals surface area (Å²) in [6.07, 6.45) is 0. The van der Waals surface area contributed by atoms with Gasteiger partial charge in [-0.3, -0.25) is 19.9 Å². The Morgan fingerprint density at radius 2 is 2.41 bits per heavy atom. The third-order valence-corrected chi connectivity index (χ3v) is 2.10. The molecule has 0 unspecified atom stereocenters. The van der Waals surface area contributed by atoms with Gasteiger partial charge in [0.1, 0.15) is 5.69 Å². The van der Waals surface area contributed by atoms with Crippen molar-refractivity contribution in [1.29, 1.82) is 0 Å². The van der Waals surface area contributed by atoms with Crippen LogP contribution in [0.25, 0.3) is 5.76 Å². The van der Waals surface area contributed by atoms with Gasteiger partial charge in [0.15, 0.2) is 5.76 Å². The number of rotatable bonds is 4. The SMILES string of the molecule is CCO/C(=C/Br)c1cc(=O)[nH]c(NC(C)=O)n1. The fourth-order valence-corrected chi connectivity index (χ4v) is 1.49. The molecule has 0 aliphatic heterocycles. The normalized spacial score (nSPS) is 11.1. The Kier molecular flexibility index (Phi) is 4.89. The van der Waals surface area contributed by atoms with E-state index < -0.39 is 0 Å². The Labute approximate surface area is 106 Å². The van der Waals surface area contributed by atoms with E-state index in [9.17, 15) is 9.59 Å². The van der Waals surface area contributed by atoms with Gasteiger partial charge in [0.05, 0.1) is 6.61 Å². The van der Waals surface area contributed by atoms with Crippen LogP contribution in [0, 0.1) is 0 Å². The number of aromatic amines is 1. The smallest absolute Gasteiger partial charge is 0.252 e. The number of carbonyl (C=O) groups is 1. The highest BCUT2D eigenvalue weighted by Crippen LogP contribution is 2.14. The Bertz CT molecular complexity index is 496. The average molecular weight is 302 g/mol. The zero-order valence-corrected chi connectivity index (χ0v) is 11.0. The van der Waals surface area contributed by atoms with E-state index in [-0.39, 0.29) is 17.4 Å². The molecule has 2 N–H and O–H groups in total. The van der Waals surface area contributed by atoms with Gasteiger partial charge in [-0.1, -0.05) is 15.9 Å². The molecule has 0 atom stereocenters. The Balaban J connectivity index is 3.12. The molecule has 1 rings (SSSR count). The minimum absolute atomic E-state index is 0.0894. The molecule has 1 aromatic heterocycles. The van der Waals surface area contributed by atoms with Crippen molar-refractivity contribution in [2.45, 2.75) is 13.8 Å². The van der Waals surface area contributed by atoms with Gasteiger partial charge in [0.2, 0.25) is 11.9 Å². The summed E-state index contributed by atoms with van der Waals surface area (Å²) in [4.78, 5) is 30.2. The summed E-state index contributed by atoms with van der Waals surface area (Å²) in [6, 6.07) is 1.29. The van der Waals surface area contributed by atoms with Gasteiger partial charge < -0.3 is 4.74 Å². The lowest BCUT2D eigenvalue weighted by atomic mass is 10.3. The molecule has 0 spiro atoms. The lowest BCUT2D eigenvalue weighted by Crippen LogP contribution is -2.16. The van der Waals surface area contributed by atoms with Crippen LogP contribution in [-0.4, -0.2) is 22.5 Å². The van der Waals surface area contributed by atoms with Crippen molar-refractivity contribution in [2.24, 2.45) is 0 Å². The molecule has 0 aromatic carbocycles. The van der Waals surface area contributed by atoms with E-state index in [1.807, 2.05) is 6.92 Å². The monoisotopic (exact) mass is 301 g/mol. The summed E-state index contributed by atoms with van der Waals surface area (Å²) in [5, 5.41) is 2.40. The Hall–Kier alpha value is -1.63. The fraction of sp³-hybridized carbons (Fsp3) is 0.300. The molecule has 1 heterocycles.